The van der Waals surface area contributed by atoms with Gasteiger partial charge in [0.1, 0.15) is 11.2 Å². The Morgan fingerprint density at radius 3 is 1.87 bits per heavy atom. The number of benzene rings is 10. The molecule has 0 aliphatic heterocycles. The third-order valence-electron chi connectivity index (χ3n) is 13.1. The smallest absolute Gasteiger partial charge is 0.136 e. The number of furan rings is 1. The molecular weight excluding hydrogens is 739 g/mol. The fourth-order valence-electron chi connectivity index (χ4n) is 10.2. The zero-order valence-corrected chi connectivity index (χ0v) is 34.1. The molecule has 0 saturated heterocycles. The van der Waals surface area contributed by atoms with E-state index in [1.165, 1.54) is 66.1 Å². The van der Waals surface area contributed by atoms with Crippen LogP contribution in [0.4, 0.5) is 17.1 Å². The molecule has 1 aromatic heterocycles. The van der Waals surface area contributed by atoms with E-state index < -0.39 is 0 Å². The molecule has 0 amide bonds. The van der Waals surface area contributed by atoms with Crippen molar-refractivity contribution in [1.82, 2.24) is 0 Å². The minimum absolute atomic E-state index is 0.174. The van der Waals surface area contributed by atoms with E-state index in [2.05, 4.69) is 231 Å². The van der Waals surface area contributed by atoms with E-state index in [1.54, 1.807) is 0 Å². The van der Waals surface area contributed by atoms with E-state index in [-0.39, 0.29) is 5.41 Å². The van der Waals surface area contributed by atoms with Crippen LogP contribution >= 0.6 is 0 Å². The van der Waals surface area contributed by atoms with Crippen LogP contribution in [0, 0.1) is 0 Å². The monoisotopic (exact) mass is 779 g/mol. The van der Waals surface area contributed by atoms with E-state index >= 15 is 0 Å². The van der Waals surface area contributed by atoms with Gasteiger partial charge < -0.3 is 9.32 Å². The second kappa shape index (κ2) is 13.7. The predicted molar refractivity (Wildman–Crippen MR) is 257 cm³/mol. The van der Waals surface area contributed by atoms with Crippen LogP contribution in [0.3, 0.4) is 0 Å². The van der Waals surface area contributed by atoms with E-state index in [1.807, 2.05) is 0 Å². The van der Waals surface area contributed by atoms with E-state index in [9.17, 15) is 0 Å². The summed E-state index contributed by atoms with van der Waals surface area (Å²) in [6.45, 7) is 4.73. The highest BCUT2D eigenvalue weighted by molar-refractivity contribution is 6.18. The van der Waals surface area contributed by atoms with Gasteiger partial charge in [0.15, 0.2) is 0 Å². The zero-order chi connectivity index (χ0) is 40.7. The first-order chi connectivity index (χ1) is 30.0. The maximum Gasteiger partial charge on any atom is 0.136 e. The van der Waals surface area contributed by atoms with Crippen LogP contribution in [-0.2, 0) is 5.41 Å². The van der Waals surface area contributed by atoms with Gasteiger partial charge in [0.2, 0.25) is 0 Å². The Morgan fingerprint density at radius 1 is 0.377 bits per heavy atom. The fraction of sp³-hybridized carbons (Fsp3) is 0.0508. The Kier molecular flexibility index (Phi) is 7.92. The maximum absolute atomic E-state index is 6.66. The highest BCUT2D eigenvalue weighted by Gasteiger charge is 2.36. The summed E-state index contributed by atoms with van der Waals surface area (Å²) in [7, 11) is 0. The number of nitrogens with zero attached hydrogens (tertiary/aromatic N) is 1. The molecule has 1 heterocycles. The highest BCUT2D eigenvalue weighted by atomic mass is 16.3. The van der Waals surface area contributed by atoms with Gasteiger partial charge in [0.25, 0.3) is 0 Å². The lowest BCUT2D eigenvalue weighted by molar-refractivity contribution is 0.660. The van der Waals surface area contributed by atoms with Crippen LogP contribution in [0.25, 0.3) is 88.0 Å². The zero-order valence-electron chi connectivity index (χ0n) is 34.1. The van der Waals surface area contributed by atoms with Crippen LogP contribution in [0.15, 0.2) is 217 Å². The van der Waals surface area contributed by atoms with E-state index in [0.717, 1.165) is 50.1 Å². The van der Waals surface area contributed by atoms with Crippen molar-refractivity contribution in [3.63, 3.8) is 0 Å². The van der Waals surface area contributed by atoms with Crippen LogP contribution in [0.1, 0.15) is 25.0 Å². The minimum Gasteiger partial charge on any atom is -0.456 e. The maximum atomic E-state index is 6.66. The Balaban J connectivity index is 1.17. The molecule has 0 fully saturated rings. The van der Waals surface area contributed by atoms with Crippen molar-refractivity contribution in [2.24, 2.45) is 0 Å². The topological polar surface area (TPSA) is 16.4 Å². The summed E-state index contributed by atoms with van der Waals surface area (Å²) in [6.07, 6.45) is 0. The Hall–Kier alpha value is -7.68. The molecule has 0 radical (unpaired) electrons. The van der Waals surface area contributed by atoms with Crippen molar-refractivity contribution in [1.29, 1.82) is 0 Å². The summed E-state index contributed by atoms with van der Waals surface area (Å²) in [4.78, 5) is 2.49. The third-order valence-corrected chi connectivity index (χ3v) is 13.1. The lowest BCUT2D eigenvalue weighted by atomic mass is 9.82. The van der Waals surface area contributed by atoms with Gasteiger partial charge >= 0.3 is 0 Å². The molecule has 0 bridgehead atoms. The molecule has 0 unspecified atom stereocenters. The molecule has 0 N–H and O–H groups in total. The summed E-state index contributed by atoms with van der Waals surface area (Å²) < 4.78 is 6.66. The third kappa shape index (κ3) is 5.49. The van der Waals surface area contributed by atoms with Gasteiger partial charge in [-0.3, -0.25) is 0 Å². The van der Waals surface area contributed by atoms with Crippen molar-refractivity contribution in [3.05, 3.63) is 223 Å². The van der Waals surface area contributed by atoms with Crippen LogP contribution in [0.2, 0.25) is 0 Å². The van der Waals surface area contributed by atoms with Gasteiger partial charge in [-0.15, -0.1) is 0 Å². The molecular formula is C59H41NO. The van der Waals surface area contributed by atoms with Crippen molar-refractivity contribution in [3.8, 4) is 44.5 Å². The molecule has 0 atom stereocenters. The normalized spacial score (nSPS) is 12.9. The average molecular weight is 780 g/mol. The molecule has 11 aromatic rings. The molecule has 1 aliphatic carbocycles. The van der Waals surface area contributed by atoms with E-state index in [4.69, 9.17) is 4.42 Å². The second-order valence-electron chi connectivity index (χ2n) is 16.8. The molecule has 12 rings (SSSR count). The Labute approximate surface area is 355 Å². The Bertz CT molecular complexity index is 3520. The summed E-state index contributed by atoms with van der Waals surface area (Å²) in [6, 6.07) is 77.5. The Morgan fingerprint density at radius 2 is 1.02 bits per heavy atom. The highest BCUT2D eigenvalue weighted by Crippen LogP contribution is 2.53. The van der Waals surface area contributed by atoms with Crippen LogP contribution in [-0.4, -0.2) is 0 Å². The predicted octanol–water partition coefficient (Wildman–Crippen LogP) is 16.7. The summed E-state index contributed by atoms with van der Waals surface area (Å²) in [5.41, 5.74) is 17.1. The molecule has 1 aliphatic rings. The fourth-order valence-corrected chi connectivity index (χ4v) is 10.2. The van der Waals surface area contributed by atoms with Gasteiger partial charge in [-0.1, -0.05) is 178 Å². The van der Waals surface area contributed by atoms with Crippen molar-refractivity contribution in [2.75, 3.05) is 4.90 Å². The van der Waals surface area contributed by atoms with Crippen molar-refractivity contribution < 1.29 is 4.42 Å². The lowest BCUT2D eigenvalue weighted by Gasteiger charge is -2.31. The second-order valence-corrected chi connectivity index (χ2v) is 16.8. The average Bonchev–Trinajstić information content (AvgIpc) is 3.81. The molecule has 61 heavy (non-hydrogen) atoms. The van der Waals surface area contributed by atoms with Gasteiger partial charge in [0, 0.05) is 33.1 Å². The van der Waals surface area contributed by atoms with Crippen molar-refractivity contribution >= 4 is 60.5 Å². The molecule has 288 valence electrons. The molecule has 0 spiro atoms. The standard InChI is InChI=1S/C59H41NO/c1-59(2)52-29-14-12-26-47(52)48-32-31-42(37-53(48)59)60(41-21-16-20-39(35-41)51-36-40-19-6-7-23-44(40)45-24-9-10-25-46(45)51)54-33-34-56-58(50-28-13-15-30-55(50)61-56)57(54)49-27-11-8-22-43(49)38-17-4-3-5-18-38/h3-37H,1-2H3. The summed E-state index contributed by atoms with van der Waals surface area (Å²) in [5, 5.41) is 7.20. The summed E-state index contributed by atoms with van der Waals surface area (Å²) >= 11 is 0. The number of rotatable bonds is 6. The number of para-hydroxylation sites is 1. The van der Waals surface area contributed by atoms with Gasteiger partial charge in [-0.05, 0) is 120 Å². The van der Waals surface area contributed by atoms with E-state index in [0.29, 0.717) is 0 Å². The van der Waals surface area contributed by atoms with Crippen LogP contribution < -0.4 is 4.90 Å². The number of fused-ring (bicyclic) bond motifs is 9. The van der Waals surface area contributed by atoms with Gasteiger partial charge in [0.05, 0.1) is 5.69 Å². The first-order valence-corrected chi connectivity index (χ1v) is 21.2. The largest absolute Gasteiger partial charge is 0.456 e. The first kappa shape index (κ1) is 35.3. The lowest BCUT2D eigenvalue weighted by Crippen LogP contribution is -2.17. The molecule has 10 aromatic carbocycles. The quantitative estimate of drug-likeness (QED) is 0.156. The number of hydrogen-bond donors (Lipinski definition) is 0. The van der Waals surface area contributed by atoms with Crippen molar-refractivity contribution in [2.45, 2.75) is 19.3 Å². The number of anilines is 3. The van der Waals surface area contributed by atoms with Crippen LogP contribution in [0.5, 0.6) is 0 Å². The minimum atomic E-state index is -0.174. The molecule has 2 heteroatoms. The molecule has 0 saturated carbocycles. The number of hydrogen-bond acceptors (Lipinski definition) is 2. The van der Waals surface area contributed by atoms with Gasteiger partial charge in [-0.25, -0.2) is 0 Å². The summed E-state index contributed by atoms with van der Waals surface area (Å²) in [5.74, 6) is 0. The van der Waals surface area contributed by atoms with Gasteiger partial charge in [-0.2, -0.15) is 0 Å². The SMILES string of the molecule is CC1(C)c2ccccc2-c2ccc(N(c3cccc(-c4cc5ccccc5c5ccccc45)c3)c3ccc4oc5ccccc5c4c3-c3ccccc3-c3ccccc3)cc21. The molecule has 2 nitrogen and oxygen atoms in total. The first-order valence-electron chi connectivity index (χ1n) is 21.2.